The zero-order chi connectivity index (χ0) is 21.3. The number of thiol groups is 1. The molecule has 2 aromatic rings. The van der Waals surface area contributed by atoms with Crippen molar-refractivity contribution in [3.63, 3.8) is 0 Å². The summed E-state index contributed by atoms with van der Waals surface area (Å²) in [7, 11) is 0. The van der Waals surface area contributed by atoms with Gasteiger partial charge in [0.2, 0.25) is 0 Å². The fraction of sp³-hybridized carbons (Fsp3) is 0.409. The van der Waals surface area contributed by atoms with E-state index in [0.29, 0.717) is 18.7 Å². The van der Waals surface area contributed by atoms with E-state index in [0.717, 1.165) is 30.4 Å². The molecule has 4 rings (SSSR count). The maximum Gasteiger partial charge on any atom is 0.325 e. The summed E-state index contributed by atoms with van der Waals surface area (Å²) in [6.45, 7) is 0.946. The molecule has 1 aromatic carbocycles. The summed E-state index contributed by atoms with van der Waals surface area (Å²) < 4.78 is 16.0. The van der Waals surface area contributed by atoms with Gasteiger partial charge in [-0.1, -0.05) is 24.3 Å². The van der Waals surface area contributed by atoms with E-state index in [1.807, 2.05) is 11.0 Å². The highest BCUT2D eigenvalue weighted by molar-refractivity contribution is 7.81. The Morgan fingerprint density at radius 2 is 2.03 bits per heavy atom. The summed E-state index contributed by atoms with van der Waals surface area (Å²) in [5.41, 5.74) is 2.22. The Morgan fingerprint density at radius 1 is 1.29 bits per heavy atom. The van der Waals surface area contributed by atoms with Gasteiger partial charge in [0.15, 0.2) is 5.78 Å². The molecule has 2 atom stereocenters. The first-order valence-electron chi connectivity index (χ1n) is 10.1. The number of rotatable bonds is 7. The predicted octanol–water partition coefficient (Wildman–Crippen LogP) is 3.64. The van der Waals surface area contributed by atoms with E-state index in [1.165, 1.54) is 10.7 Å². The molecule has 1 saturated heterocycles. The Hall–Kier alpha value is -2.16. The molecule has 0 spiro atoms. The maximum absolute atomic E-state index is 14.6. The number of carboxylic acids is 1. The van der Waals surface area contributed by atoms with Crippen LogP contribution in [-0.4, -0.2) is 49.9 Å². The third-order valence-electron chi connectivity index (χ3n) is 5.62. The van der Waals surface area contributed by atoms with Crippen LogP contribution in [-0.2, 0) is 16.1 Å². The molecule has 0 amide bonds. The standard InChI is InChI=1S/C22H24FN3O3S.ClH/c23-18-4-2-1-3-17(18)21(22(29)15-5-6-15)25-8-7-19(30)16(12-25)9-14-10-24-26(11-14)13-20(27)28;/h1-4,9-11,15,19,21,30H,5-8,12-13H2,(H,27,28);1H. The summed E-state index contributed by atoms with van der Waals surface area (Å²) in [4.78, 5) is 26.0. The van der Waals surface area contributed by atoms with Gasteiger partial charge in [-0.2, -0.15) is 17.7 Å². The molecule has 0 bridgehead atoms. The average molecular weight is 466 g/mol. The Labute approximate surface area is 191 Å². The van der Waals surface area contributed by atoms with Crippen LogP contribution in [0.4, 0.5) is 4.39 Å². The van der Waals surface area contributed by atoms with Crippen molar-refractivity contribution in [2.75, 3.05) is 13.1 Å². The van der Waals surface area contributed by atoms with Crippen LogP contribution in [0.15, 0.2) is 42.2 Å². The molecule has 2 aliphatic rings. The van der Waals surface area contributed by atoms with E-state index in [9.17, 15) is 14.0 Å². The highest BCUT2D eigenvalue weighted by Gasteiger charge is 2.40. The minimum Gasteiger partial charge on any atom is -0.480 e. The summed E-state index contributed by atoms with van der Waals surface area (Å²) in [6, 6.07) is 5.91. The second-order valence-electron chi connectivity index (χ2n) is 7.96. The smallest absolute Gasteiger partial charge is 0.325 e. The molecule has 6 nitrogen and oxygen atoms in total. The Morgan fingerprint density at radius 3 is 2.71 bits per heavy atom. The monoisotopic (exact) mass is 465 g/mol. The van der Waals surface area contributed by atoms with Gasteiger partial charge in [-0.15, -0.1) is 12.4 Å². The second kappa shape index (κ2) is 9.97. The Balaban J connectivity index is 0.00000272. The first kappa shape index (κ1) is 23.5. The zero-order valence-electron chi connectivity index (χ0n) is 16.9. The van der Waals surface area contributed by atoms with E-state index < -0.39 is 12.0 Å². The van der Waals surface area contributed by atoms with Gasteiger partial charge in [0, 0.05) is 41.6 Å². The van der Waals surface area contributed by atoms with Crippen LogP contribution in [0.25, 0.3) is 6.08 Å². The van der Waals surface area contributed by atoms with Gasteiger partial charge in [-0.05, 0) is 30.9 Å². The second-order valence-corrected chi connectivity index (χ2v) is 8.58. The minimum absolute atomic E-state index is 0. The molecule has 1 aliphatic heterocycles. The number of aliphatic carboxylic acids is 1. The Kier molecular flexibility index (Phi) is 7.56. The zero-order valence-corrected chi connectivity index (χ0v) is 18.6. The fourth-order valence-corrected chi connectivity index (χ4v) is 4.24. The van der Waals surface area contributed by atoms with Crippen molar-refractivity contribution in [2.45, 2.75) is 37.1 Å². The molecule has 0 radical (unpaired) electrons. The molecule has 1 aromatic heterocycles. The van der Waals surface area contributed by atoms with Crippen molar-refractivity contribution < 1.29 is 19.1 Å². The largest absolute Gasteiger partial charge is 0.480 e. The predicted molar refractivity (Wildman–Crippen MR) is 121 cm³/mol. The molecule has 1 saturated carbocycles. The Bertz CT molecular complexity index is 992. The topological polar surface area (TPSA) is 75.4 Å². The van der Waals surface area contributed by atoms with E-state index in [1.54, 1.807) is 30.6 Å². The van der Waals surface area contributed by atoms with Crippen molar-refractivity contribution in [3.05, 3.63) is 59.2 Å². The number of halogens is 2. The van der Waals surface area contributed by atoms with Crippen molar-refractivity contribution in [3.8, 4) is 0 Å². The lowest BCUT2D eigenvalue weighted by molar-refractivity contribution is -0.137. The van der Waals surface area contributed by atoms with E-state index in [-0.39, 0.29) is 41.7 Å². The fourth-order valence-electron chi connectivity index (χ4n) is 3.97. The molecule has 31 heavy (non-hydrogen) atoms. The number of piperidine rings is 1. The maximum atomic E-state index is 14.6. The van der Waals surface area contributed by atoms with Gasteiger partial charge in [-0.3, -0.25) is 19.2 Å². The number of aromatic nitrogens is 2. The molecule has 9 heteroatoms. The summed E-state index contributed by atoms with van der Waals surface area (Å²) in [5, 5.41) is 13.0. The highest BCUT2D eigenvalue weighted by atomic mass is 35.5. The van der Waals surface area contributed by atoms with E-state index >= 15 is 0 Å². The SMILES string of the molecule is Cl.O=C(O)Cn1cc(C=C2CN(C(C(=O)C3CC3)c3ccccc3F)CCC2S)cn1. The molecular formula is C22H25ClFN3O3S. The number of likely N-dealkylation sites (tertiary alicyclic amines) is 1. The molecule has 166 valence electrons. The lowest BCUT2D eigenvalue weighted by Gasteiger charge is -2.37. The van der Waals surface area contributed by atoms with Gasteiger partial charge in [0.25, 0.3) is 0 Å². The lowest BCUT2D eigenvalue weighted by Crippen LogP contribution is -2.42. The van der Waals surface area contributed by atoms with Crippen LogP contribution in [0.2, 0.25) is 0 Å². The number of Topliss-reactive ketones (excluding diaryl/α,β-unsaturated/α-hetero) is 1. The quantitative estimate of drug-likeness (QED) is 0.611. The third kappa shape index (κ3) is 5.56. The molecule has 2 fully saturated rings. The lowest BCUT2D eigenvalue weighted by atomic mass is 9.93. The third-order valence-corrected chi connectivity index (χ3v) is 6.21. The van der Waals surface area contributed by atoms with Crippen LogP contribution in [0, 0.1) is 11.7 Å². The van der Waals surface area contributed by atoms with E-state index in [2.05, 4.69) is 5.10 Å². The van der Waals surface area contributed by atoms with Crippen molar-refractivity contribution in [2.24, 2.45) is 5.92 Å². The first-order chi connectivity index (χ1) is 14.4. The summed E-state index contributed by atoms with van der Waals surface area (Å²) >= 11 is 4.70. The van der Waals surface area contributed by atoms with Gasteiger partial charge in [-0.25, -0.2) is 4.39 Å². The summed E-state index contributed by atoms with van der Waals surface area (Å²) in [6.07, 6.45) is 7.70. The van der Waals surface area contributed by atoms with Gasteiger partial charge >= 0.3 is 5.97 Å². The van der Waals surface area contributed by atoms with Crippen LogP contribution in [0.1, 0.15) is 36.4 Å². The highest BCUT2D eigenvalue weighted by Crippen LogP contribution is 2.39. The van der Waals surface area contributed by atoms with Crippen LogP contribution in [0.5, 0.6) is 0 Å². The van der Waals surface area contributed by atoms with Gasteiger partial charge < -0.3 is 5.11 Å². The number of nitrogens with zero attached hydrogens (tertiary/aromatic N) is 3. The van der Waals surface area contributed by atoms with Crippen molar-refractivity contribution in [1.82, 2.24) is 14.7 Å². The molecule has 1 aliphatic carbocycles. The first-order valence-corrected chi connectivity index (χ1v) is 10.6. The number of hydrogen-bond acceptors (Lipinski definition) is 5. The number of benzene rings is 1. The van der Waals surface area contributed by atoms with Crippen LogP contribution >= 0.6 is 25.0 Å². The number of ketones is 1. The number of hydrogen-bond donors (Lipinski definition) is 2. The number of carboxylic acid groups (broad SMARTS) is 1. The van der Waals surface area contributed by atoms with E-state index in [4.69, 9.17) is 17.7 Å². The number of carbonyl (C=O) groups excluding carboxylic acids is 1. The van der Waals surface area contributed by atoms with Crippen LogP contribution in [0.3, 0.4) is 0 Å². The average Bonchev–Trinajstić information content (AvgIpc) is 3.47. The normalized spacial score (nSPS) is 21.5. The summed E-state index contributed by atoms with van der Waals surface area (Å²) in [5.74, 6) is -1.21. The number of carbonyl (C=O) groups is 2. The van der Waals surface area contributed by atoms with Crippen LogP contribution < -0.4 is 0 Å². The van der Waals surface area contributed by atoms with Gasteiger partial charge in [0.05, 0.1) is 12.2 Å². The molecule has 2 heterocycles. The van der Waals surface area contributed by atoms with Crippen molar-refractivity contribution >= 4 is 42.9 Å². The van der Waals surface area contributed by atoms with Gasteiger partial charge in [0.1, 0.15) is 12.4 Å². The molecular weight excluding hydrogens is 441 g/mol. The molecule has 2 unspecified atom stereocenters. The molecule has 1 N–H and O–H groups in total. The minimum atomic E-state index is -0.959. The van der Waals surface area contributed by atoms with Crippen molar-refractivity contribution in [1.29, 1.82) is 0 Å².